The molecule has 0 saturated heterocycles. The van der Waals surface area contributed by atoms with Crippen LogP contribution in [0.3, 0.4) is 0 Å². The number of aliphatic imine (C=N–C) groups is 1. The van der Waals surface area contributed by atoms with Crippen LogP contribution < -0.4 is 16.0 Å². The summed E-state index contributed by atoms with van der Waals surface area (Å²) in [4.78, 5) is 16.6. The predicted molar refractivity (Wildman–Crippen MR) is 122 cm³/mol. The topological polar surface area (TPSA) is 65.5 Å². The molecule has 0 aliphatic carbocycles. The van der Waals surface area contributed by atoms with Crippen molar-refractivity contribution in [3.05, 3.63) is 63.9 Å². The van der Waals surface area contributed by atoms with E-state index in [1.807, 2.05) is 32.0 Å². The number of rotatable bonds is 6. The van der Waals surface area contributed by atoms with Gasteiger partial charge >= 0.3 is 0 Å². The molecule has 0 unspecified atom stereocenters. The zero-order valence-corrected chi connectivity index (χ0v) is 19.1. The highest BCUT2D eigenvalue weighted by atomic mass is 127. The van der Waals surface area contributed by atoms with Gasteiger partial charge in [0.05, 0.1) is 13.1 Å². The van der Waals surface area contributed by atoms with E-state index in [0.29, 0.717) is 19.0 Å². The monoisotopic (exact) mass is 548 g/mol. The fourth-order valence-corrected chi connectivity index (χ4v) is 2.60. The Morgan fingerprint density at radius 2 is 1.96 bits per heavy atom. The number of nitrogens with zero attached hydrogens (tertiary/aromatic N) is 1. The molecule has 0 radical (unpaired) electrons. The zero-order valence-electron chi connectivity index (χ0n) is 15.2. The van der Waals surface area contributed by atoms with Crippen LogP contribution in [0.15, 0.2) is 51.9 Å². The standard InChI is InChI=1S/C19H22BrFN4O.HI/c1-3-22-19(23-11-14-5-4-6-16(21)9-14)24-12-18(26)25-17-10-15(20)8-7-13(17)2;/h4-10H,3,11-12H2,1-2H3,(H,25,26)(H2,22,23,24);1H. The van der Waals surface area contributed by atoms with E-state index in [1.165, 1.54) is 12.1 Å². The van der Waals surface area contributed by atoms with Crippen LogP contribution in [0.5, 0.6) is 0 Å². The minimum Gasteiger partial charge on any atom is -0.357 e. The first-order valence-corrected chi connectivity index (χ1v) is 9.10. The van der Waals surface area contributed by atoms with Gasteiger partial charge in [-0.05, 0) is 49.2 Å². The number of nitrogens with one attached hydrogen (secondary N) is 3. The van der Waals surface area contributed by atoms with Crippen molar-refractivity contribution in [1.82, 2.24) is 10.6 Å². The molecule has 3 N–H and O–H groups in total. The largest absolute Gasteiger partial charge is 0.357 e. The van der Waals surface area contributed by atoms with Crippen LogP contribution >= 0.6 is 39.9 Å². The number of halogens is 3. The summed E-state index contributed by atoms with van der Waals surface area (Å²) in [6.45, 7) is 4.91. The van der Waals surface area contributed by atoms with Gasteiger partial charge in [-0.3, -0.25) is 4.79 Å². The van der Waals surface area contributed by atoms with Crippen LogP contribution in [0.25, 0.3) is 0 Å². The second-order valence-electron chi connectivity index (χ2n) is 5.69. The van der Waals surface area contributed by atoms with E-state index in [4.69, 9.17) is 0 Å². The van der Waals surface area contributed by atoms with Gasteiger partial charge in [0.25, 0.3) is 0 Å². The molecule has 146 valence electrons. The third-order valence-electron chi connectivity index (χ3n) is 3.54. The molecule has 0 fully saturated rings. The summed E-state index contributed by atoms with van der Waals surface area (Å²) >= 11 is 3.39. The number of guanidine groups is 1. The first kappa shape index (κ1) is 23.4. The molecule has 5 nitrogen and oxygen atoms in total. The molecule has 2 aromatic rings. The Morgan fingerprint density at radius 3 is 2.67 bits per heavy atom. The molecule has 0 spiro atoms. The summed E-state index contributed by atoms with van der Waals surface area (Å²) in [7, 11) is 0. The molecule has 27 heavy (non-hydrogen) atoms. The SMILES string of the molecule is CCNC(=NCc1cccc(F)c1)NCC(=O)Nc1cc(Br)ccc1C.I. The van der Waals surface area contributed by atoms with Gasteiger partial charge in [0.1, 0.15) is 5.82 Å². The van der Waals surface area contributed by atoms with Gasteiger partial charge in [0, 0.05) is 16.7 Å². The minimum absolute atomic E-state index is 0. The van der Waals surface area contributed by atoms with Crippen molar-refractivity contribution in [2.45, 2.75) is 20.4 Å². The molecule has 2 aromatic carbocycles. The third kappa shape index (κ3) is 8.25. The lowest BCUT2D eigenvalue weighted by Gasteiger charge is -2.13. The molecule has 0 aliphatic rings. The number of carbonyl (C=O) groups excluding carboxylic acids is 1. The molecule has 8 heteroatoms. The maximum Gasteiger partial charge on any atom is 0.243 e. The van der Waals surface area contributed by atoms with Crippen molar-refractivity contribution in [3.8, 4) is 0 Å². The summed E-state index contributed by atoms with van der Waals surface area (Å²) in [5.41, 5.74) is 2.50. The van der Waals surface area contributed by atoms with Gasteiger partial charge in [0.15, 0.2) is 5.96 Å². The van der Waals surface area contributed by atoms with E-state index in [1.54, 1.807) is 12.1 Å². The second kappa shape index (κ2) is 11.9. The van der Waals surface area contributed by atoms with Gasteiger partial charge in [-0.1, -0.05) is 34.1 Å². The van der Waals surface area contributed by atoms with Crippen molar-refractivity contribution >= 4 is 57.5 Å². The molecular weight excluding hydrogens is 526 g/mol. The van der Waals surface area contributed by atoms with E-state index in [9.17, 15) is 9.18 Å². The zero-order chi connectivity index (χ0) is 18.9. The Balaban J connectivity index is 0.00000364. The lowest BCUT2D eigenvalue weighted by atomic mass is 10.2. The molecule has 1 amide bonds. The van der Waals surface area contributed by atoms with E-state index >= 15 is 0 Å². The van der Waals surface area contributed by atoms with Gasteiger partial charge in [0.2, 0.25) is 5.91 Å². The summed E-state index contributed by atoms with van der Waals surface area (Å²) in [5.74, 6) is 0.0277. The molecule has 0 saturated carbocycles. The van der Waals surface area contributed by atoms with E-state index in [2.05, 4.69) is 36.9 Å². The third-order valence-corrected chi connectivity index (χ3v) is 4.04. The smallest absolute Gasteiger partial charge is 0.243 e. The Bertz CT molecular complexity index is 801. The van der Waals surface area contributed by atoms with E-state index in [-0.39, 0.29) is 42.2 Å². The number of carbonyl (C=O) groups is 1. The van der Waals surface area contributed by atoms with Crippen molar-refractivity contribution in [1.29, 1.82) is 0 Å². The first-order chi connectivity index (χ1) is 12.5. The summed E-state index contributed by atoms with van der Waals surface area (Å²) in [6, 6.07) is 12.0. The highest BCUT2D eigenvalue weighted by Crippen LogP contribution is 2.20. The normalized spacial score (nSPS) is 10.7. The number of benzene rings is 2. The molecule has 0 heterocycles. The number of anilines is 1. The van der Waals surface area contributed by atoms with Crippen LogP contribution in [-0.4, -0.2) is 25.0 Å². The Morgan fingerprint density at radius 1 is 1.19 bits per heavy atom. The molecule has 0 aliphatic heterocycles. The average Bonchev–Trinajstić information content (AvgIpc) is 2.60. The lowest BCUT2D eigenvalue weighted by Crippen LogP contribution is -2.41. The fourth-order valence-electron chi connectivity index (χ4n) is 2.23. The summed E-state index contributed by atoms with van der Waals surface area (Å²) in [6.07, 6.45) is 0. The number of hydrogen-bond acceptors (Lipinski definition) is 2. The number of amides is 1. The highest BCUT2D eigenvalue weighted by Gasteiger charge is 2.07. The van der Waals surface area contributed by atoms with Crippen LogP contribution in [0.1, 0.15) is 18.1 Å². The van der Waals surface area contributed by atoms with Gasteiger partial charge in [-0.25, -0.2) is 9.38 Å². The average molecular weight is 549 g/mol. The van der Waals surface area contributed by atoms with Crippen LogP contribution in [-0.2, 0) is 11.3 Å². The second-order valence-corrected chi connectivity index (χ2v) is 6.60. The lowest BCUT2D eigenvalue weighted by molar-refractivity contribution is -0.115. The molecular formula is C19H23BrFIN4O. The minimum atomic E-state index is -0.292. The van der Waals surface area contributed by atoms with E-state index < -0.39 is 0 Å². The van der Waals surface area contributed by atoms with Crippen LogP contribution in [0.2, 0.25) is 0 Å². The van der Waals surface area contributed by atoms with Gasteiger partial charge < -0.3 is 16.0 Å². The van der Waals surface area contributed by atoms with Crippen molar-refractivity contribution in [2.75, 3.05) is 18.4 Å². The Kier molecular flexibility index (Phi) is 10.3. The molecule has 2 rings (SSSR count). The highest BCUT2D eigenvalue weighted by molar-refractivity contribution is 14.0. The molecule has 0 bridgehead atoms. The van der Waals surface area contributed by atoms with Crippen molar-refractivity contribution < 1.29 is 9.18 Å². The number of hydrogen-bond donors (Lipinski definition) is 3. The van der Waals surface area contributed by atoms with Gasteiger partial charge in [-0.15, -0.1) is 24.0 Å². The van der Waals surface area contributed by atoms with E-state index in [0.717, 1.165) is 21.3 Å². The maximum atomic E-state index is 13.2. The van der Waals surface area contributed by atoms with Gasteiger partial charge in [-0.2, -0.15) is 0 Å². The van der Waals surface area contributed by atoms with Crippen LogP contribution in [0.4, 0.5) is 10.1 Å². The summed E-state index contributed by atoms with van der Waals surface area (Å²) < 4.78 is 14.1. The molecule has 0 atom stereocenters. The first-order valence-electron chi connectivity index (χ1n) is 8.30. The fraction of sp³-hybridized carbons (Fsp3) is 0.263. The predicted octanol–water partition coefficient (Wildman–Crippen LogP) is 4.21. The van der Waals surface area contributed by atoms with Crippen LogP contribution in [0, 0.1) is 12.7 Å². The van der Waals surface area contributed by atoms with Crippen molar-refractivity contribution in [3.63, 3.8) is 0 Å². The Labute approximate surface area is 184 Å². The molecule has 0 aromatic heterocycles. The summed E-state index contributed by atoms with van der Waals surface area (Å²) in [5, 5.41) is 8.91. The quantitative estimate of drug-likeness (QED) is 0.288. The van der Waals surface area contributed by atoms with Crippen molar-refractivity contribution in [2.24, 2.45) is 4.99 Å². The maximum absolute atomic E-state index is 13.2. The Hall–Kier alpha value is -1.68. The number of aryl methyl sites for hydroxylation is 1.